The smallest absolute Gasteiger partial charge is 0.185 e. The van der Waals surface area contributed by atoms with Crippen LogP contribution in [0.15, 0.2) is 60.8 Å². The Bertz CT molecular complexity index is 980. The van der Waals surface area contributed by atoms with Gasteiger partial charge in [-0.2, -0.15) is 0 Å². The number of piperidine rings is 1. The van der Waals surface area contributed by atoms with E-state index in [9.17, 15) is 4.79 Å². The van der Waals surface area contributed by atoms with Crippen molar-refractivity contribution in [1.82, 2.24) is 9.58 Å². The fourth-order valence-electron chi connectivity index (χ4n) is 3.91. The highest BCUT2D eigenvalue weighted by Crippen LogP contribution is 2.34. The van der Waals surface area contributed by atoms with Crippen molar-refractivity contribution in [1.29, 1.82) is 0 Å². The van der Waals surface area contributed by atoms with Crippen molar-refractivity contribution in [2.75, 3.05) is 26.0 Å². The Hall–Kier alpha value is -2.85. The average molecular weight is 359 g/mol. The number of nitrogens with zero attached hydrogens (tertiary/aromatic N) is 2. The minimum atomic E-state index is 0.0138. The molecule has 2 aromatic carbocycles. The minimum Gasteiger partial charge on any atom is -0.339 e. The molecule has 0 aliphatic carbocycles. The highest BCUT2D eigenvalue weighted by molar-refractivity contribution is 6.08. The Morgan fingerprint density at radius 1 is 1.11 bits per heavy atom. The van der Waals surface area contributed by atoms with Gasteiger partial charge in [-0.05, 0) is 74.3 Å². The molecule has 0 atom stereocenters. The number of carbonyl (C=O) groups excluding carboxylic acids is 1. The molecular weight excluding hydrogens is 334 g/mol. The molecule has 4 nitrogen and oxygen atoms in total. The molecule has 0 unspecified atom stereocenters. The van der Waals surface area contributed by atoms with Gasteiger partial charge < -0.3 is 10.7 Å². The normalized spacial score (nSPS) is 16.3. The number of carbonyl (C=O) groups is 1. The van der Waals surface area contributed by atoms with Gasteiger partial charge in [0.2, 0.25) is 0 Å². The maximum absolute atomic E-state index is 12.7. The zero-order valence-corrected chi connectivity index (χ0v) is 15.6. The van der Waals surface area contributed by atoms with Crippen LogP contribution in [-0.2, 0) is 0 Å². The number of allylic oxidation sites excluding steroid dienone is 1. The number of nitrogens with two attached hydrogens (primary N) is 1. The number of fused-ring (bicyclic) bond motifs is 1. The maximum atomic E-state index is 12.7. The van der Waals surface area contributed by atoms with Crippen LogP contribution in [0.1, 0.15) is 40.2 Å². The Morgan fingerprint density at radius 3 is 2.59 bits per heavy atom. The molecule has 1 fully saturated rings. The van der Waals surface area contributed by atoms with E-state index in [1.54, 1.807) is 10.8 Å². The van der Waals surface area contributed by atoms with E-state index in [0.29, 0.717) is 11.5 Å². The van der Waals surface area contributed by atoms with Gasteiger partial charge in [-0.15, -0.1) is 0 Å². The number of nitrogen functional groups attached to an aromatic ring is 1. The van der Waals surface area contributed by atoms with Gasteiger partial charge in [0.1, 0.15) is 0 Å². The van der Waals surface area contributed by atoms with Gasteiger partial charge in [0.25, 0.3) is 0 Å². The number of aromatic nitrogens is 1. The van der Waals surface area contributed by atoms with Crippen molar-refractivity contribution < 1.29 is 4.79 Å². The lowest BCUT2D eigenvalue weighted by atomic mass is 9.89. The second-order valence-corrected chi connectivity index (χ2v) is 7.41. The van der Waals surface area contributed by atoms with E-state index < -0.39 is 0 Å². The summed E-state index contributed by atoms with van der Waals surface area (Å²) in [5.74, 6) is 6.69. The zero-order valence-electron chi connectivity index (χ0n) is 15.6. The Kier molecular flexibility index (Phi) is 4.82. The van der Waals surface area contributed by atoms with Crippen molar-refractivity contribution in [2.45, 2.75) is 18.8 Å². The monoisotopic (exact) mass is 359 g/mol. The SMILES string of the molecule is CN1CCC(c2cn(N)c3ccc(C(=O)C=Cc4ccccc4)cc23)CC1. The molecule has 2 heterocycles. The Labute approximate surface area is 159 Å². The lowest BCUT2D eigenvalue weighted by molar-refractivity contribution is 0.104. The molecule has 0 saturated carbocycles. The fraction of sp³-hybridized carbons (Fsp3) is 0.261. The first-order valence-corrected chi connectivity index (χ1v) is 9.48. The molecule has 0 spiro atoms. The number of benzene rings is 2. The van der Waals surface area contributed by atoms with Crippen LogP contribution >= 0.6 is 0 Å². The predicted molar refractivity (Wildman–Crippen MR) is 111 cm³/mol. The Morgan fingerprint density at radius 2 is 1.85 bits per heavy atom. The van der Waals surface area contributed by atoms with Crippen LogP contribution in [0.25, 0.3) is 17.0 Å². The van der Waals surface area contributed by atoms with Crippen molar-refractivity contribution in [3.05, 3.63) is 77.5 Å². The second kappa shape index (κ2) is 7.41. The summed E-state index contributed by atoms with van der Waals surface area (Å²) in [5.41, 5.74) is 3.97. The van der Waals surface area contributed by atoms with E-state index in [1.807, 2.05) is 60.8 Å². The number of ketones is 1. The van der Waals surface area contributed by atoms with Gasteiger partial charge in [0.05, 0.1) is 5.52 Å². The molecule has 0 amide bonds. The number of hydrogen-bond donors (Lipinski definition) is 1. The van der Waals surface area contributed by atoms with Crippen LogP contribution in [0.4, 0.5) is 0 Å². The van der Waals surface area contributed by atoms with Crippen molar-refractivity contribution >= 4 is 22.8 Å². The molecule has 3 aromatic rings. The summed E-state index contributed by atoms with van der Waals surface area (Å²) in [6.07, 6.45) is 7.79. The van der Waals surface area contributed by atoms with E-state index in [0.717, 1.165) is 42.4 Å². The molecular formula is C23H25N3O. The maximum Gasteiger partial charge on any atom is 0.185 e. The fourth-order valence-corrected chi connectivity index (χ4v) is 3.91. The van der Waals surface area contributed by atoms with Crippen LogP contribution < -0.4 is 5.84 Å². The first-order valence-electron chi connectivity index (χ1n) is 9.48. The van der Waals surface area contributed by atoms with Crippen LogP contribution in [0.3, 0.4) is 0 Å². The van der Waals surface area contributed by atoms with E-state index in [1.165, 1.54) is 5.56 Å². The summed E-state index contributed by atoms with van der Waals surface area (Å²) in [6, 6.07) is 15.7. The lowest BCUT2D eigenvalue weighted by Crippen LogP contribution is -2.29. The van der Waals surface area contributed by atoms with Crippen LogP contribution in [0, 0.1) is 0 Å². The predicted octanol–water partition coefficient (Wildman–Crippen LogP) is 4.06. The summed E-state index contributed by atoms with van der Waals surface area (Å²) >= 11 is 0. The number of likely N-dealkylation sites (tertiary alicyclic amines) is 1. The molecule has 138 valence electrons. The van der Waals surface area contributed by atoms with Gasteiger partial charge in [0.15, 0.2) is 5.78 Å². The lowest BCUT2D eigenvalue weighted by Gasteiger charge is -2.28. The molecule has 4 heteroatoms. The molecule has 0 radical (unpaired) electrons. The van der Waals surface area contributed by atoms with Gasteiger partial charge in [-0.3, -0.25) is 9.47 Å². The first-order chi connectivity index (χ1) is 13.1. The topological polar surface area (TPSA) is 51.3 Å². The number of hydrogen-bond acceptors (Lipinski definition) is 3. The molecule has 27 heavy (non-hydrogen) atoms. The van der Waals surface area contributed by atoms with Crippen molar-refractivity contribution in [3.8, 4) is 0 Å². The summed E-state index contributed by atoms with van der Waals surface area (Å²) in [4.78, 5) is 15.0. The first kappa shape index (κ1) is 17.6. The van der Waals surface area contributed by atoms with Gasteiger partial charge in [-0.1, -0.05) is 36.4 Å². The average Bonchev–Trinajstić information content (AvgIpc) is 3.03. The largest absolute Gasteiger partial charge is 0.339 e. The van der Waals surface area contributed by atoms with E-state index in [-0.39, 0.29) is 5.78 Å². The molecule has 4 rings (SSSR count). The summed E-state index contributed by atoms with van der Waals surface area (Å²) in [6.45, 7) is 2.20. The Balaban J connectivity index is 1.64. The standard InChI is InChI=1S/C23H25N3O/c1-25-13-11-18(12-14-25)21-16-26(24)22-9-8-19(15-20(21)22)23(27)10-7-17-5-3-2-4-6-17/h2-10,15-16,18H,11-14,24H2,1H3. The second-order valence-electron chi connectivity index (χ2n) is 7.41. The highest BCUT2D eigenvalue weighted by atomic mass is 16.1. The third-order valence-corrected chi connectivity index (χ3v) is 5.53. The molecule has 1 aromatic heterocycles. The molecule has 0 bridgehead atoms. The highest BCUT2D eigenvalue weighted by Gasteiger charge is 2.22. The van der Waals surface area contributed by atoms with Crippen LogP contribution in [0.5, 0.6) is 0 Å². The van der Waals surface area contributed by atoms with Gasteiger partial charge >= 0.3 is 0 Å². The van der Waals surface area contributed by atoms with Crippen molar-refractivity contribution in [3.63, 3.8) is 0 Å². The van der Waals surface area contributed by atoms with E-state index >= 15 is 0 Å². The van der Waals surface area contributed by atoms with Crippen LogP contribution in [0.2, 0.25) is 0 Å². The van der Waals surface area contributed by atoms with Gasteiger partial charge in [0, 0.05) is 17.1 Å². The van der Waals surface area contributed by atoms with Crippen LogP contribution in [-0.4, -0.2) is 35.5 Å². The van der Waals surface area contributed by atoms with E-state index in [2.05, 4.69) is 11.9 Å². The molecule has 1 aliphatic rings. The number of rotatable bonds is 4. The quantitative estimate of drug-likeness (QED) is 0.434. The molecule has 1 aliphatic heterocycles. The van der Waals surface area contributed by atoms with Crippen molar-refractivity contribution in [2.24, 2.45) is 0 Å². The molecule has 1 saturated heterocycles. The summed E-state index contributed by atoms with van der Waals surface area (Å²) < 4.78 is 1.69. The van der Waals surface area contributed by atoms with E-state index in [4.69, 9.17) is 5.84 Å². The third kappa shape index (κ3) is 3.67. The molecule has 2 N–H and O–H groups in total. The third-order valence-electron chi connectivity index (χ3n) is 5.53. The summed E-state index contributed by atoms with van der Waals surface area (Å²) in [5, 5.41) is 1.10. The zero-order chi connectivity index (χ0) is 18.8. The minimum absolute atomic E-state index is 0.0138. The van der Waals surface area contributed by atoms with Gasteiger partial charge in [-0.25, -0.2) is 0 Å². The summed E-state index contributed by atoms with van der Waals surface area (Å²) in [7, 11) is 2.16.